The van der Waals surface area contributed by atoms with Crippen molar-refractivity contribution in [2.45, 2.75) is 0 Å². The summed E-state index contributed by atoms with van der Waals surface area (Å²) < 4.78 is 0. The predicted octanol–water partition coefficient (Wildman–Crippen LogP) is 14.6. The zero-order valence-corrected chi connectivity index (χ0v) is 32.5. The maximum atomic E-state index is 10.5. The quantitative estimate of drug-likeness (QED) is 0.155. The van der Waals surface area contributed by atoms with Crippen molar-refractivity contribution in [2.24, 2.45) is 0 Å². The van der Waals surface area contributed by atoms with E-state index in [1.807, 2.05) is 103 Å². The van der Waals surface area contributed by atoms with Crippen molar-refractivity contribution in [3.8, 4) is 107 Å². The van der Waals surface area contributed by atoms with Crippen LogP contribution in [0.3, 0.4) is 0 Å². The molecule has 0 heterocycles. The van der Waals surface area contributed by atoms with Crippen molar-refractivity contribution >= 4 is 0 Å². The van der Waals surface area contributed by atoms with E-state index in [2.05, 4.69) is 127 Å². The zero-order chi connectivity index (χ0) is 40.8. The van der Waals surface area contributed by atoms with Gasteiger partial charge in [0.1, 0.15) is 0 Å². The highest BCUT2D eigenvalue weighted by Gasteiger charge is 2.13. The van der Waals surface area contributed by atoms with Crippen LogP contribution in [0.25, 0.3) is 89.0 Å². The van der Waals surface area contributed by atoms with Gasteiger partial charge in [-0.2, -0.15) is 15.8 Å². The molecule has 60 heavy (non-hydrogen) atoms. The minimum absolute atomic E-state index is 0.604. The van der Waals surface area contributed by atoms with Crippen LogP contribution in [0.5, 0.6) is 0 Å². The molecule has 0 radical (unpaired) electrons. The molecule has 0 saturated carbocycles. The molecule has 9 aromatic carbocycles. The third-order valence-corrected chi connectivity index (χ3v) is 11.0. The first-order chi connectivity index (χ1) is 29.6. The monoisotopic (exact) mass is 761 g/mol. The number of benzene rings is 9. The Morgan fingerprint density at radius 3 is 0.883 bits per heavy atom. The van der Waals surface area contributed by atoms with Gasteiger partial charge in [-0.1, -0.05) is 158 Å². The van der Waals surface area contributed by atoms with E-state index >= 15 is 0 Å². The van der Waals surface area contributed by atoms with Gasteiger partial charge in [-0.3, -0.25) is 0 Å². The minimum atomic E-state index is 0.604. The Bertz CT molecular complexity index is 3180. The summed E-state index contributed by atoms with van der Waals surface area (Å²) >= 11 is 0. The molecular formula is C57H35N3. The van der Waals surface area contributed by atoms with Crippen LogP contribution < -0.4 is 0 Å². The van der Waals surface area contributed by atoms with E-state index in [-0.39, 0.29) is 0 Å². The molecule has 0 spiro atoms. The number of nitrogens with zero attached hydrogens (tertiary/aromatic N) is 3. The molecule has 0 aliphatic rings. The Hall–Kier alpha value is -8.55. The van der Waals surface area contributed by atoms with E-state index in [9.17, 15) is 15.8 Å². The number of hydrogen-bond donors (Lipinski definition) is 0. The first-order valence-corrected chi connectivity index (χ1v) is 19.7. The molecule has 9 rings (SSSR count). The van der Waals surface area contributed by atoms with Crippen molar-refractivity contribution in [3.05, 3.63) is 229 Å². The molecule has 0 saturated heterocycles. The lowest BCUT2D eigenvalue weighted by Gasteiger charge is -2.12. The number of rotatable bonds is 8. The average Bonchev–Trinajstić information content (AvgIpc) is 3.34. The van der Waals surface area contributed by atoms with Crippen molar-refractivity contribution in [1.82, 2.24) is 0 Å². The lowest BCUT2D eigenvalue weighted by atomic mass is 9.91. The van der Waals surface area contributed by atoms with Gasteiger partial charge in [0, 0.05) is 11.1 Å². The fourth-order valence-corrected chi connectivity index (χ4v) is 7.93. The predicted molar refractivity (Wildman–Crippen MR) is 244 cm³/mol. The molecule has 278 valence electrons. The standard InChI is InChI=1S/C57H35N3/c58-36-52-25-23-49(34-56(52)39-11-3-1-4-12-39)45-19-8-16-42(30-45)41-15-7-18-44(29-41)48-27-28-55(54(33-48)38-60)51-22-10-21-47(32-51)43-17-9-20-46(31-43)50-24-26-53(37-59)57(35-50)40-13-5-2-6-14-40/h1-35H. The van der Waals surface area contributed by atoms with Gasteiger partial charge in [0.15, 0.2) is 0 Å². The summed E-state index contributed by atoms with van der Waals surface area (Å²) in [5.41, 5.74) is 18.0. The summed E-state index contributed by atoms with van der Waals surface area (Å²) in [6.45, 7) is 0. The van der Waals surface area contributed by atoms with Gasteiger partial charge in [-0.05, 0) is 132 Å². The highest BCUT2D eigenvalue weighted by molar-refractivity contribution is 5.85. The molecule has 3 heteroatoms. The van der Waals surface area contributed by atoms with Gasteiger partial charge in [0.05, 0.1) is 34.9 Å². The van der Waals surface area contributed by atoms with Crippen LogP contribution in [-0.4, -0.2) is 0 Å². The fourth-order valence-electron chi connectivity index (χ4n) is 7.93. The summed E-state index contributed by atoms with van der Waals surface area (Å²) in [4.78, 5) is 0. The van der Waals surface area contributed by atoms with Gasteiger partial charge in [-0.25, -0.2) is 0 Å². The Balaban J connectivity index is 0.996. The zero-order valence-electron chi connectivity index (χ0n) is 32.5. The first-order valence-electron chi connectivity index (χ1n) is 19.7. The molecule has 0 aliphatic heterocycles. The summed E-state index contributed by atoms with van der Waals surface area (Å²) in [7, 11) is 0. The summed E-state index contributed by atoms with van der Waals surface area (Å²) in [5, 5.41) is 30.1. The van der Waals surface area contributed by atoms with Crippen LogP contribution in [-0.2, 0) is 0 Å². The second kappa shape index (κ2) is 16.5. The molecule has 3 nitrogen and oxygen atoms in total. The normalized spacial score (nSPS) is 10.6. The molecule has 0 N–H and O–H groups in total. The first kappa shape index (κ1) is 37.1. The maximum absolute atomic E-state index is 10.5. The Labute approximate surface area is 350 Å². The number of nitriles is 3. The van der Waals surface area contributed by atoms with Gasteiger partial charge < -0.3 is 0 Å². The van der Waals surface area contributed by atoms with Crippen molar-refractivity contribution < 1.29 is 0 Å². The van der Waals surface area contributed by atoms with E-state index in [1.165, 1.54) is 0 Å². The van der Waals surface area contributed by atoms with E-state index in [1.54, 1.807) is 0 Å². The smallest absolute Gasteiger partial charge is 0.0998 e. The molecule has 0 aliphatic carbocycles. The molecule has 9 aromatic rings. The maximum Gasteiger partial charge on any atom is 0.0998 e. The average molecular weight is 762 g/mol. The Morgan fingerprint density at radius 2 is 0.500 bits per heavy atom. The molecule has 0 amide bonds. The Kier molecular flexibility index (Phi) is 10.2. The molecule has 0 unspecified atom stereocenters. The summed E-state index contributed by atoms with van der Waals surface area (Å²) in [6, 6.07) is 79.0. The molecule has 0 fully saturated rings. The van der Waals surface area contributed by atoms with Crippen molar-refractivity contribution in [1.29, 1.82) is 15.8 Å². The summed E-state index contributed by atoms with van der Waals surface area (Å²) in [5.74, 6) is 0. The van der Waals surface area contributed by atoms with Crippen LogP contribution in [0.1, 0.15) is 16.7 Å². The third-order valence-electron chi connectivity index (χ3n) is 11.0. The van der Waals surface area contributed by atoms with Crippen molar-refractivity contribution in [3.63, 3.8) is 0 Å². The topological polar surface area (TPSA) is 71.4 Å². The van der Waals surface area contributed by atoms with Crippen LogP contribution in [0.2, 0.25) is 0 Å². The second-order valence-electron chi connectivity index (χ2n) is 14.7. The molecule has 0 bridgehead atoms. The van der Waals surface area contributed by atoms with E-state index in [4.69, 9.17) is 0 Å². The lowest BCUT2D eigenvalue weighted by Crippen LogP contribution is -1.89. The van der Waals surface area contributed by atoms with Crippen LogP contribution in [0, 0.1) is 34.0 Å². The third kappa shape index (κ3) is 7.49. The second-order valence-corrected chi connectivity index (χ2v) is 14.7. The molecule has 0 atom stereocenters. The molecular weight excluding hydrogens is 727 g/mol. The fraction of sp³-hybridized carbons (Fsp3) is 0. The summed E-state index contributed by atoms with van der Waals surface area (Å²) in [6.07, 6.45) is 0. The van der Waals surface area contributed by atoms with Gasteiger partial charge in [-0.15, -0.1) is 0 Å². The van der Waals surface area contributed by atoms with Gasteiger partial charge in [0.2, 0.25) is 0 Å². The van der Waals surface area contributed by atoms with Crippen LogP contribution in [0.4, 0.5) is 0 Å². The lowest BCUT2D eigenvalue weighted by molar-refractivity contribution is 1.47. The Morgan fingerprint density at radius 1 is 0.200 bits per heavy atom. The van der Waals surface area contributed by atoms with Gasteiger partial charge >= 0.3 is 0 Å². The van der Waals surface area contributed by atoms with E-state index < -0.39 is 0 Å². The SMILES string of the molecule is N#Cc1cc(-c2cccc(-c3cccc(-c4ccc(C#N)c(-c5ccccc5)c4)c3)c2)ccc1-c1cccc(-c2cccc(-c3ccc(C#N)c(-c4ccccc4)c3)c2)c1. The highest BCUT2D eigenvalue weighted by atomic mass is 14.3. The van der Waals surface area contributed by atoms with Crippen molar-refractivity contribution in [2.75, 3.05) is 0 Å². The largest absolute Gasteiger partial charge is 0.192 e. The van der Waals surface area contributed by atoms with Crippen LogP contribution >= 0.6 is 0 Å². The molecule has 0 aromatic heterocycles. The highest BCUT2D eigenvalue weighted by Crippen LogP contribution is 2.37. The van der Waals surface area contributed by atoms with E-state index in [0.717, 1.165) is 89.0 Å². The van der Waals surface area contributed by atoms with E-state index in [0.29, 0.717) is 16.7 Å². The van der Waals surface area contributed by atoms with Gasteiger partial charge in [0.25, 0.3) is 0 Å². The number of hydrogen-bond acceptors (Lipinski definition) is 3. The van der Waals surface area contributed by atoms with Crippen LogP contribution in [0.15, 0.2) is 212 Å². The minimum Gasteiger partial charge on any atom is -0.192 e.